The SMILES string of the molecule is CCCCC/C=C\CCCCCCCC(=O)NC(CS(=O)(=O)O)C(O)CCCCCCCCCCCCCCCCCCCCCC. The summed E-state index contributed by atoms with van der Waals surface area (Å²) in [5.74, 6) is -0.901. The van der Waals surface area contributed by atoms with Crippen LogP contribution >= 0.6 is 0 Å². The number of carbonyl (C=O) groups is 1. The molecule has 280 valence electrons. The Morgan fingerprint density at radius 1 is 0.553 bits per heavy atom. The maximum absolute atomic E-state index is 12.5. The smallest absolute Gasteiger partial charge is 0.266 e. The van der Waals surface area contributed by atoms with E-state index >= 15 is 0 Å². The molecule has 0 saturated heterocycles. The first-order valence-electron chi connectivity index (χ1n) is 20.4. The molecule has 0 aliphatic rings. The van der Waals surface area contributed by atoms with Gasteiger partial charge in [0.05, 0.1) is 17.9 Å². The molecular weight excluding hydrogens is 607 g/mol. The normalized spacial score (nSPS) is 13.4. The van der Waals surface area contributed by atoms with Crippen molar-refractivity contribution in [2.75, 3.05) is 5.75 Å². The summed E-state index contributed by atoms with van der Waals surface area (Å²) in [6.45, 7) is 4.50. The molecule has 0 aliphatic heterocycles. The van der Waals surface area contributed by atoms with Gasteiger partial charge in [0.1, 0.15) is 0 Å². The van der Waals surface area contributed by atoms with Crippen molar-refractivity contribution in [2.45, 2.75) is 231 Å². The third-order valence-electron chi connectivity index (χ3n) is 9.47. The summed E-state index contributed by atoms with van der Waals surface area (Å²) in [5.41, 5.74) is 0. The standard InChI is InChI=1S/C40H79NO5S/c1-3-5-7-9-11-13-15-17-18-19-20-21-22-23-24-25-27-29-31-33-35-39(42)38(37-47(44,45)46)41-40(43)36-34-32-30-28-26-16-14-12-10-8-6-4-2/h12,14,38-39,42H,3-11,13,15-37H2,1-2H3,(H,41,43)(H,44,45,46)/b14-12-. The molecule has 0 heterocycles. The van der Waals surface area contributed by atoms with Gasteiger partial charge in [-0.1, -0.05) is 187 Å². The van der Waals surface area contributed by atoms with Crippen molar-refractivity contribution in [3.63, 3.8) is 0 Å². The van der Waals surface area contributed by atoms with Crippen molar-refractivity contribution in [2.24, 2.45) is 0 Å². The predicted octanol–water partition coefficient (Wildman–Crippen LogP) is 11.8. The number of nitrogens with one attached hydrogen (secondary N) is 1. The summed E-state index contributed by atoms with van der Waals surface area (Å²) >= 11 is 0. The minimum Gasteiger partial charge on any atom is -0.391 e. The topological polar surface area (TPSA) is 104 Å². The maximum Gasteiger partial charge on any atom is 0.266 e. The Kier molecular flexibility index (Phi) is 34.2. The number of hydrogen-bond acceptors (Lipinski definition) is 4. The number of aliphatic hydroxyl groups is 1. The molecule has 2 atom stereocenters. The Hall–Kier alpha value is -0.920. The Morgan fingerprint density at radius 3 is 1.32 bits per heavy atom. The summed E-state index contributed by atoms with van der Waals surface area (Å²) in [5, 5.41) is 13.3. The van der Waals surface area contributed by atoms with Crippen LogP contribution in [0.1, 0.15) is 219 Å². The highest BCUT2D eigenvalue weighted by Crippen LogP contribution is 2.16. The van der Waals surface area contributed by atoms with E-state index in [1.165, 1.54) is 141 Å². The number of allylic oxidation sites excluding steroid dienone is 2. The number of unbranched alkanes of at least 4 members (excludes halogenated alkanes) is 27. The zero-order chi connectivity index (χ0) is 34.7. The summed E-state index contributed by atoms with van der Waals surface area (Å²) in [4.78, 5) is 12.5. The molecule has 7 heteroatoms. The van der Waals surface area contributed by atoms with Crippen LogP contribution < -0.4 is 5.32 Å². The average molecular weight is 686 g/mol. The van der Waals surface area contributed by atoms with Gasteiger partial charge >= 0.3 is 0 Å². The van der Waals surface area contributed by atoms with Crippen LogP contribution in [0.4, 0.5) is 0 Å². The van der Waals surface area contributed by atoms with E-state index in [0.717, 1.165) is 51.4 Å². The molecular formula is C40H79NO5S. The van der Waals surface area contributed by atoms with Gasteiger partial charge in [-0.2, -0.15) is 8.42 Å². The fraction of sp³-hybridized carbons (Fsp3) is 0.925. The average Bonchev–Trinajstić information content (AvgIpc) is 3.03. The Labute approximate surface area is 292 Å². The largest absolute Gasteiger partial charge is 0.391 e. The van der Waals surface area contributed by atoms with Gasteiger partial charge in [-0.25, -0.2) is 0 Å². The molecule has 0 aromatic rings. The van der Waals surface area contributed by atoms with E-state index < -0.39 is 28.0 Å². The summed E-state index contributed by atoms with van der Waals surface area (Å²) in [6, 6.07) is -0.970. The third-order valence-corrected chi connectivity index (χ3v) is 10.3. The van der Waals surface area contributed by atoms with Crippen molar-refractivity contribution in [3.05, 3.63) is 12.2 Å². The van der Waals surface area contributed by atoms with Gasteiger partial charge in [0.15, 0.2) is 0 Å². The fourth-order valence-corrected chi connectivity index (χ4v) is 7.15. The molecule has 0 aromatic heterocycles. The zero-order valence-corrected chi connectivity index (χ0v) is 32.0. The molecule has 1 amide bonds. The quantitative estimate of drug-likeness (QED) is 0.0343. The first-order valence-corrected chi connectivity index (χ1v) is 22.0. The molecule has 6 nitrogen and oxygen atoms in total. The fourth-order valence-electron chi connectivity index (χ4n) is 6.39. The lowest BCUT2D eigenvalue weighted by Gasteiger charge is -2.23. The zero-order valence-electron chi connectivity index (χ0n) is 31.2. The van der Waals surface area contributed by atoms with Crippen LogP contribution in [0.25, 0.3) is 0 Å². The Balaban J connectivity index is 3.81. The lowest BCUT2D eigenvalue weighted by molar-refractivity contribution is -0.122. The van der Waals surface area contributed by atoms with Gasteiger partial charge in [-0.15, -0.1) is 0 Å². The van der Waals surface area contributed by atoms with Crippen LogP contribution in [-0.2, 0) is 14.9 Å². The van der Waals surface area contributed by atoms with Gasteiger partial charge in [0.2, 0.25) is 5.91 Å². The first-order chi connectivity index (χ1) is 22.8. The minimum absolute atomic E-state index is 0.254. The lowest BCUT2D eigenvalue weighted by Crippen LogP contribution is -2.47. The molecule has 0 rings (SSSR count). The highest BCUT2D eigenvalue weighted by molar-refractivity contribution is 7.85. The van der Waals surface area contributed by atoms with Crippen LogP contribution in [0, 0.1) is 0 Å². The van der Waals surface area contributed by atoms with Crippen LogP contribution in [0.3, 0.4) is 0 Å². The molecule has 0 radical (unpaired) electrons. The molecule has 0 spiro atoms. The first kappa shape index (κ1) is 46.1. The summed E-state index contributed by atoms with van der Waals surface area (Å²) in [6.07, 6.45) is 41.6. The van der Waals surface area contributed by atoms with E-state index in [-0.39, 0.29) is 5.91 Å². The molecule has 0 fully saturated rings. The van der Waals surface area contributed by atoms with Crippen molar-refractivity contribution < 1.29 is 22.9 Å². The van der Waals surface area contributed by atoms with Gasteiger partial charge < -0.3 is 10.4 Å². The van der Waals surface area contributed by atoms with Gasteiger partial charge in [-0.3, -0.25) is 9.35 Å². The van der Waals surface area contributed by atoms with Crippen molar-refractivity contribution in [3.8, 4) is 0 Å². The predicted molar refractivity (Wildman–Crippen MR) is 203 cm³/mol. The molecule has 0 aromatic carbocycles. The van der Waals surface area contributed by atoms with Gasteiger partial charge in [-0.05, 0) is 38.5 Å². The number of carbonyl (C=O) groups excluding carboxylic acids is 1. The molecule has 0 bridgehead atoms. The van der Waals surface area contributed by atoms with Crippen molar-refractivity contribution in [1.29, 1.82) is 0 Å². The highest BCUT2D eigenvalue weighted by atomic mass is 32.2. The lowest BCUT2D eigenvalue weighted by atomic mass is 10.0. The van der Waals surface area contributed by atoms with E-state index in [1.807, 2.05) is 0 Å². The van der Waals surface area contributed by atoms with E-state index in [2.05, 4.69) is 31.3 Å². The van der Waals surface area contributed by atoms with Gasteiger partial charge in [0, 0.05) is 6.42 Å². The maximum atomic E-state index is 12.5. The monoisotopic (exact) mass is 686 g/mol. The number of rotatable bonds is 37. The molecule has 2 unspecified atom stereocenters. The van der Waals surface area contributed by atoms with E-state index in [1.54, 1.807) is 0 Å². The highest BCUT2D eigenvalue weighted by Gasteiger charge is 2.26. The second-order valence-corrected chi connectivity index (χ2v) is 15.8. The van der Waals surface area contributed by atoms with E-state index in [9.17, 15) is 22.9 Å². The Morgan fingerprint density at radius 2 is 0.894 bits per heavy atom. The van der Waals surface area contributed by atoms with Crippen molar-refractivity contribution in [1.82, 2.24) is 5.32 Å². The molecule has 0 aliphatic carbocycles. The van der Waals surface area contributed by atoms with Crippen LogP contribution in [0.5, 0.6) is 0 Å². The van der Waals surface area contributed by atoms with Crippen LogP contribution in [-0.4, -0.2) is 41.9 Å². The molecule has 3 N–H and O–H groups in total. The summed E-state index contributed by atoms with van der Waals surface area (Å²) < 4.78 is 32.5. The third kappa shape index (κ3) is 36.2. The van der Waals surface area contributed by atoms with E-state index in [0.29, 0.717) is 12.8 Å². The summed E-state index contributed by atoms with van der Waals surface area (Å²) in [7, 11) is -4.31. The Bertz CT molecular complexity index is 800. The second-order valence-electron chi connectivity index (χ2n) is 14.3. The van der Waals surface area contributed by atoms with Crippen LogP contribution in [0.2, 0.25) is 0 Å². The number of amides is 1. The number of aliphatic hydroxyl groups excluding tert-OH is 1. The second kappa shape index (κ2) is 34.9. The minimum atomic E-state index is -4.31. The van der Waals surface area contributed by atoms with Crippen molar-refractivity contribution >= 4 is 16.0 Å². The van der Waals surface area contributed by atoms with E-state index in [4.69, 9.17) is 0 Å². The number of hydrogen-bond donors (Lipinski definition) is 3. The van der Waals surface area contributed by atoms with Gasteiger partial charge in [0.25, 0.3) is 10.1 Å². The molecule has 0 saturated carbocycles. The molecule has 47 heavy (non-hydrogen) atoms. The van der Waals surface area contributed by atoms with Crippen LogP contribution in [0.15, 0.2) is 12.2 Å².